The molecule has 0 aliphatic carbocycles. The summed E-state index contributed by atoms with van der Waals surface area (Å²) in [5.41, 5.74) is 0. The molecule has 0 atom stereocenters. The molecule has 0 bridgehead atoms. The molecule has 0 N–H and O–H groups in total. The summed E-state index contributed by atoms with van der Waals surface area (Å²) in [7, 11) is 0. The minimum absolute atomic E-state index is 0.483. The summed E-state index contributed by atoms with van der Waals surface area (Å²) in [5, 5.41) is 0. The van der Waals surface area contributed by atoms with Gasteiger partial charge in [0.2, 0.25) is 0 Å². The average Bonchev–Trinajstić information content (AvgIpc) is 1.30. The van der Waals surface area contributed by atoms with Gasteiger partial charge in [-0.05, 0) is 13.3 Å². The smallest absolute Gasteiger partial charge is 0.0714 e. The van der Waals surface area contributed by atoms with E-state index in [1.54, 1.807) is 0 Å². The third kappa shape index (κ3) is 8.19. The van der Waals surface area contributed by atoms with E-state index >= 15 is 0 Å². The minimum Gasteiger partial charge on any atom is -0.0863 e. The van der Waals surface area contributed by atoms with Gasteiger partial charge in [0.15, 0.2) is 0 Å². The standard InChI is InChI=1S/C4H7I3/c1-4(6,7)2-3-5/h2-3H2,1H3. The lowest BCUT2D eigenvalue weighted by molar-refractivity contribution is 0.935. The molecule has 0 aliphatic rings. The molecule has 0 saturated carbocycles. The Labute approximate surface area is 85.6 Å². The molecular weight excluding hydrogens is 429 g/mol. The first-order valence-electron chi connectivity index (χ1n) is 2.00. The summed E-state index contributed by atoms with van der Waals surface area (Å²) in [4.78, 5) is 0. The molecule has 0 saturated heterocycles. The second-order valence-corrected chi connectivity index (χ2v) is 9.41. The highest BCUT2D eigenvalue weighted by Crippen LogP contribution is 2.30. The van der Waals surface area contributed by atoms with Gasteiger partial charge in [0.05, 0.1) is 1.43 Å². The van der Waals surface area contributed by atoms with Crippen molar-refractivity contribution in [1.82, 2.24) is 0 Å². The van der Waals surface area contributed by atoms with E-state index in [-0.39, 0.29) is 0 Å². The van der Waals surface area contributed by atoms with E-state index in [9.17, 15) is 0 Å². The lowest BCUT2D eigenvalue weighted by atomic mass is 10.4. The molecule has 0 amide bonds. The molecule has 44 valence electrons. The van der Waals surface area contributed by atoms with Gasteiger partial charge in [0, 0.05) is 4.43 Å². The summed E-state index contributed by atoms with van der Waals surface area (Å²) >= 11 is 7.32. The fraction of sp³-hybridized carbons (Fsp3) is 1.00. The third-order valence-electron chi connectivity index (χ3n) is 0.533. The molecular formula is C4H7I3. The van der Waals surface area contributed by atoms with Gasteiger partial charge in [0.25, 0.3) is 0 Å². The van der Waals surface area contributed by atoms with Crippen molar-refractivity contribution in [3.8, 4) is 0 Å². The Kier molecular flexibility index (Phi) is 5.35. The molecule has 0 unspecified atom stereocenters. The zero-order valence-electron chi connectivity index (χ0n) is 4.05. The third-order valence-corrected chi connectivity index (χ3v) is 2.15. The second kappa shape index (κ2) is 4.08. The molecule has 0 aromatic carbocycles. The van der Waals surface area contributed by atoms with Crippen molar-refractivity contribution < 1.29 is 0 Å². The first-order chi connectivity index (χ1) is 3.06. The Balaban J connectivity index is 3.15. The quantitative estimate of drug-likeness (QED) is 0.461. The monoisotopic (exact) mass is 436 g/mol. The summed E-state index contributed by atoms with van der Waals surface area (Å²) in [5.74, 6) is 0. The fourth-order valence-electron chi connectivity index (χ4n) is 0.166. The molecule has 0 spiro atoms. The Morgan fingerprint density at radius 1 is 1.43 bits per heavy atom. The largest absolute Gasteiger partial charge is 0.0863 e. The van der Waals surface area contributed by atoms with Crippen LogP contribution in [0.4, 0.5) is 0 Å². The Bertz CT molecular complexity index is 45.4. The van der Waals surface area contributed by atoms with Crippen LogP contribution < -0.4 is 0 Å². The van der Waals surface area contributed by atoms with Crippen LogP contribution in [0, 0.1) is 0 Å². The first-order valence-corrected chi connectivity index (χ1v) is 5.68. The van der Waals surface area contributed by atoms with Gasteiger partial charge in [0.1, 0.15) is 0 Å². The van der Waals surface area contributed by atoms with Crippen LogP contribution in [-0.2, 0) is 0 Å². The Morgan fingerprint density at radius 2 is 1.86 bits per heavy atom. The van der Waals surface area contributed by atoms with Crippen LogP contribution in [0.2, 0.25) is 0 Å². The van der Waals surface area contributed by atoms with Crippen molar-refractivity contribution in [2.75, 3.05) is 4.43 Å². The van der Waals surface area contributed by atoms with E-state index in [2.05, 4.69) is 74.7 Å². The van der Waals surface area contributed by atoms with Gasteiger partial charge in [-0.1, -0.05) is 67.8 Å². The summed E-state index contributed by atoms with van der Waals surface area (Å²) < 4.78 is 1.75. The molecule has 0 radical (unpaired) electrons. The molecule has 7 heavy (non-hydrogen) atoms. The van der Waals surface area contributed by atoms with Crippen LogP contribution in [0.3, 0.4) is 0 Å². The molecule has 0 heterocycles. The highest BCUT2D eigenvalue weighted by molar-refractivity contribution is 14.2. The zero-order chi connectivity index (χ0) is 5.91. The van der Waals surface area contributed by atoms with E-state index in [0.29, 0.717) is 1.43 Å². The summed E-state index contributed by atoms with van der Waals surface area (Å²) in [6.07, 6.45) is 1.30. The lowest BCUT2D eigenvalue weighted by Gasteiger charge is -2.09. The van der Waals surface area contributed by atoms with Crippen LogP contribution >= 0.6 is 67.8 Å². The predicted molar refractivity (Wildman–Crippen MR) is 59.9 cm³/mol. The van der Waals surface area contributed by atoms with Gasteiger partial charge in [-0.25, -0.2) is 0 Å². The molecule has 0 rings (SSSR count). The van der Waals surface area contributed by atoms with E-state index in [0.717, 1.165) is 0 Å². The highest BCUT2D eigenvalue weighted by atomic mass is 127. The maximum Gasteiger partial charge on any atom is 0.0714 e. The van der Waals surface area contributed by atoms with Crippen molar-refractivity contribution in [2.24, 2.45) is 0 Å². The SMILES string of the molecule is CC(I)(I)CCI. The topological polar surface area (TPSA) is 0 Å². The van der Waals surface area contributed by atoms with Gasteiger partial charge < -0.3 is 0 Å². The lowest BCUT2D eigenvalue weighted by Crippen LogP contribution is -2.02. The molecule has 0 nitrogen and oxygen atoms in total. The van der Waals surface area contributed by atoms with Crippen LogP contribution in [0.15, 0.2) is 0 Å². The maximum absolute atomic E-state index is 2.46. The van der Waals surface area contributed by atoms with Crippen molar-refractivity contribution in [1.29, 1.82) is 0 Å². The van der Waals surface area contributed by atoms with Gasteiger partial charge in [-0.15, -0.1) is 0 Å². The Morgan fingerprint density at radius 3 is 1.86 bits per heavy atom. The van der Waals surface area contributed by atoms with Gasteiger partial charge in [-0.3, -0.25) is 0 Å². The normalized spacial score (nSPS) is 12.0. The zero-order valence-corrected chi connectivity index (χ0v) is 10.5. The summed E-state index contributed by atoms with van der Waals surface area (Å²) in [6.45, 7) is 2.24. The van der Waals surface area contributed by atoms with Crippen molar-refractivity contribution in [3.63, 3.8) is 0 Å². The van der Waals surface area contributed by atoms with Crippen LogP contribution in [0.25, 0.3) is 0 Å². The van der Waals surface area contributed by atoms with Gasteiger partial charge in [-0.2, -0.15) is 0 Å². The summed E-state index contributed by atoms with van der Waals surface area (Å²) in [6, 6.07) is 0. The maximum atomic E-state index is 2.46. The van der Waals surface area contributed by atoms with Crippen molar-refractivity contribution in [2.45, 2.75) is 14.8 Å². The highest BCUT2D eigenvalue weighted by Gasteiger charge is 2.11. The number of hydrogen-bond acceptors (Lipinski definition) is 0. The fourth-order valence-corrected chi connectivity index (χ4v) is 3.85. The molecule has 0 fully saturated rings. The number of halogens is 3. The first kappa shape index (κ1) is 9.19. The van der Waals surface area contributed by atoms with E-state index in [4.69, 9.17) is 0 Å². The second-order valence-electron chi connectivity index (χ2n) is 1.51. The van der Waals surface area contributed by atoms with Crippen molar-refractivity contribution in [3.05, 3.63) is 0 Å². The van der Waals surface area contributed by atoms with E-state index in [1.165, 1.54) is 10.8 Å². The minimum atomic E-state index is 0.483. The number of alkyl halides is 3. The number of hydrogen-bond donors (Lipinski definition) is 0. The van der Waals surface area contributed by atoms with E-state index < -0.39 is 0 Å². The van der Waals surface area contributed by atoms with E-state index in [1.807, 2.05) is 0 Å². The van der Waals surface area contributed by atoms with Gasteiger partial charge >= 0.3 is 0 Å². The molecule has 0 aromatic rings. The van der Waals surface area contributed by atoms with Crippen LogP contribution in [-0.4, -0.2) is 5.86 Å². The van der Waals surface area contributed by atoms with Crippen LogP contribution in [0.5, 0.6) is 0 Å². The average molecular weight is 436 g/mol. The molecule has 0 aromatic heterocycles. The molecule has 3 heteroatoms. The van der Waals surface area contributed by atoms with Crippen molar-refractivity contribution >= 4 is 67.8 Å². The number of rotatable bonds is 2. The molecule has 0 aliphatic heterocycles. The van der Waals surface area contributed by atoms with Crippen LogP contribution in [0.1, 0.15) is 13.3 Å². The Hall–Kier alpha value is 2.19. The predicted octanol–water partition coefficient (Wildman–Crippen LogP) is 3.40.